The normalized spacial score (nSPS) is 10.1. The van der Waals surface area contributed by atoms with E-state index in [0.29, 0.717) is 31.8 Å². The molecule has 0 bridgehead atoms. The number of ether oxygens (including phenoxy) is 2. The summed E-state index contributed by atoms with van der Waals surface area (Å²) in [4.78, 5) is 12.1. The van der Waals surface area contributed by atoms with Crippen LogP contribution in [-0.4, -0.2) is 46.4 Å². The molecule has 0 fully saturated rings. The van der Waals surface area contributed by atoms with Crippen molar-refractivity contribution in [1.29, 1.82) is 0 Å². The van der Waals surface area contributed by atoms with Crippen LogP contribution in [0.3, 0.4) is 0 Å². The van der Waals surface area contributed by atoms with Crippen LogP contribution >= 0.6 is 12.4 Å². The summed E-state index contributed by atoms with van der Waals surface area (Å²) in [6.07, 6.45) is 0. The number of benzene rings is 2. The van der Waals surface area contributed by atoms with E-state index < -0.39 is 11.7 Å². The SMILES string of the molecule is COCCNCCNC(=O)c1ccc(-c2ccc(OC)cc2)cc1F.Cl. The maximum atomic E-state index is 14.3. The Kier molecular flexibility index (Phi) is 9.65. The molecule has 0 radical (unpaired) electrons. The predicted octanol–water partition coefficient (Wildman–Crippen LogP) is 2.89. The van der Waals surface area contributed by atoms with Crippen LogP contribution in [0.2, 0.25) is 0 Å². The number of amides is 1. The van der Waals surface area contributed by atoms with Gasteiger partial charge < -0.3 is 20.1 Å². The molecular weight excluding hydrogens is 359 g/mol. The molecule has 2 aromatic carbocycles. The average Bonchev–Trinajstić information content (AvgIpc) is 2.64. The van der Waals surface area contributed by atoms with Crippen molar-refractivity contribution in [3.8, 4) is 16.9 Å². The second-order valence-electron chi connectivity index (χ2n) is 5.42. The first kappa shape index (κ1) is 21.9. The first-order valence-electron chi connectivity index (χ1n) is 8.07. The highest BCUT2D eigenvalue weighted by molar-refractivity contribution is 5.95. The van der Waals surface area contributed by atoms with E-state index in [2.05, 4.69) is 10.6 Å². The maximum absolute atomic E-state index is 14.3. The third kappa shape index (κ3) is 6.29. The van der Waals surface area contributed by atoms with Crippen molar-refractivity contribution in [2.24, 2.45) is 0 Å². The summed E-state index contributed by atoms with van der Waals surface area (Å²) < 4.78 is 24.3. The lowest BCUT2D eigenvalue weighted by molar-refractivity contribution is 0.0949. The minimum Gasteiger partial charge on any atom is -0.497 e. The molecule has 2 aromatic rings. The van der Waals surface area contributed by atoms with Crippen LogP contribution in [0.25, 0.3) is 11.1 Å². The van der Waals surface area contributed by atoms with Gasteiger partial charge in [-0.1, -0.05) is 18.2 Å². The first-order valence-corrected chi connectivity index (χ1v) is 8.07. The monoisotopic (exact) mass is 382 g/mol. The van der Waals surface area contributed by atoms with Crippen LogP contribution in [0, 0.1) is 5.82 Å². The quantitative estimate of drug-likeness (QED) is 0.655. The molecule has 5 nitrogen and oxygen atoms in total. The molecule has 2 N–H and O–H groups in total. The second kappa shape index (κ2) is 11.5. The molecule has 1 amide bonds. The number of hydrogen-bond donors (Lipinski definition) is 2. The van der Waals surface area contributed by atoms with Crippen molar-refractivity contribution in [3.63, 3.8) is 0 Å². The topological polar surface area (TPSA) is 59.6 Å². The molecule has 0 unspecified atom stereocenters. The van der Waals surface area contributed by atoms with E-state index in [1.165, 1.54) is 12.1 Å². The molecule has 7 heteroatoms. The van der Waals surface area contributed by atoms with Crippen molar-refractivity contribution in [2.75, 3.05) is 40.5 Å². The maximum Gasteiger partial charge on any atom is 0.254 e. The van der Waals surface area contributed by atoms with Crippen molar-refractivity contribution in [2.45, 2.75) is 0 Å². The predicted molar refractivity (Wildman–Crippen MR) is 103 cm³/mol. The number of halogens is 2. The number of rotatable bonds is 9. The Morgan fingerprint density at radius 1 is 1.00 bits per heavy atom. The molecule has 0 aromatic heterocycles. The Labute approximate surface area is 159 Å². The average molecular weight is 383 g/mol. The zero-order valence-electron chi connectivity index (χ0n) is 14.9. The summed E-state index contributed by atoms with van der Waals surface area (Å²) in [5, 5.41) is 5.80. The van der Waals surface area contributed by atoms with Crippen LogP contribution in [0.4, 0.5) is 4.39 Å². The minimum absolute atomic E-state index is 0. The Morgan fingerprint density at radius 2 is 1.69 bits per heavy atom. The van der Waals surface area contributed by atoms with Crippen LogP contribution < -0.4 is 15.4 Å². The molecule has 0 saturated carbocycles. The van der Waals surface area contributed by atoms with Crippen molar-refractivity contribution in [1.82, 2.24) is 10.6 Å². The van der Waals surface area contributed by atoms with Gasteiger partial charge in [0.25, 0.3) is 5.91 Å². The fraction of sp³-hybridized carbons (Fsp3) is 0.316. The Hall–Kier alpha value is -2.15. The zero-order chi connectivity index (χ0) is 18.1. The third-order valence-electron chi connectivity index (χ3n) is 3.71. The van der Waals surface area contributed by atoms with Gasteiger partial charge in [-0.25, -0.2) is 4.39 Å². The standard InChI is InChI=1S/C19H23FN2O3.ClH/c1-24-12-11-21-9-10-22-19(23)17-8-5-15(13-18(17)20)14-3-6-16(25-2)7-4-14;/h3-8,13,21H,9-12H2,1-2H3,(H,22,23);1H. The van der Waals surface area contributed by atoms with Gasteiger partial charge in [-0.05, 0) is 35.4 Å². The van der Waals surface area contributed by atoms with E-state index in [1.807, 2.05) is 24.3 Å². The van der Waals surface area contributed by atoms with E-state index >= 15 is 0 Å². The van der Waals surface area contributed by atoms with Gasteiger partial charge in [-0.15, -0.1) is 12.4 Å². The summed E-state index contributed by atoms with van der Waals surface area (Å²) >= 11 is 0. The second-order valence-corrected chi connectivity index (χ2v) is 5.42. The van der Waals surface area contributed by atoms with Gasteiger partial charge in [0.2, 0.25) is 0 Å². The first-order chi connectivity index (χ1) is 12.2. The Morgan fingerprint density at radius 3 is 2.31 bits per heavy atom. The van der Waals surface area contributed by atoms with Gasteiger partial charge in [0, 0.05) is 26.7 Å². The number of nitrogens with one attached hydrogen (secondary N) is 2. The molecule has 0 atom stereocenters. The molecule has 26 heavy (non-hydrogen) atoms. The molecule has 0 spiro atoms. The van der Waals surface area contributed by atoms with Crippen molar-refractivity contribution in [3.05, 3.63) is 53.8 Å². The van der Waals surface area contributed by atoms with Gasteiger partial charge in [0.1, 0.15) is 11.6 Å². The molecule has 0 aliphatic carbocycles. The Bertz CT molecular complexity index is 696. The summed E-state index contributed by atoms with van der Waals surface area (Å²) in [5.41, 5.74) is 1.60. The highest BCUT2D eigenvalue weighted by Gasteiger charge is 2.12. The third-order valence-corrected chi connectivity index (χ3v) is 3.71. The van der Waals surface area contributed by atoms with E-state index in [1.54, 1.807) is 20.3 Å². The largest absolute Gasteiger partial charge is 0.497 e. The number of carbonyl (C=O) groups is 1. The Balaban J connectivity index is 0.00000338. The lowest BCUT2D eigenvalue weighted by Crippen LogP contribution is -2.33. The lowest BCUT2D eigenvalue weighted by atomic mass is 10.0. The van der Waals surface area contributed by atoms with E-state index in [-0.39, 0.29) is 18.0 Å². The fourth-order valence-corrected chi connectivity index (χ4v) is 2.32. The van der Waals surface area contributed by atoms with Gasteiger partial charge >= 0.3 is 0 Å². The van der Waals surface area contributed by atoms with Crippen LogP contribution in [0.1, 0.15) is 10.4 Å². The van der Waals surface area contributed by atoms with Gasteiger partial charge in [-0.2, -0.15) is 0 Å². The summed E-state index contributed by atoms with van der Waals surface area (Å²) in [6, 6.07) is 11.9. The summed E-state index contributed by atoms with van der Waals surface area (Å²) in [5.74, 6) is -0.232. The van der Waals surface area contributed by atoms with Crippen molar-refractivity contribution >= 4 is 18.3 Å². The van der Waals surface area contributed by atoms with Crippen LogP contribution in [0.15, 0.2) is 42.5 Å². The van der Waals surface area contributed by atoms with Gasteiger partial charge in [-0.3, -0.25) is 4.79 Å². The molecular formula is C19H24ClFN2O3. The molecule has 142 valence electrons. The smallest absolute Gasteiger partial charge is 0.254 e. The van der Waals surface area contributed by atoms with Gasteiger partial charge in [0.05, 0.1) is 19.3 Å². The highest BCUT2D eigenvalue weighted by Crippen LogP contribution is 2.24. The van der Waals surface area contributed by atoms with Gasteiger partial charge in [0.15, 0.2) is 0 Å². The van der Waals surface area contributed by atoms with E-state index in [4.69, 9.17) is 9.47 Å². The molecule has 0 aliphatic rings. The zero-order valence-corrected chi connectivity index (χ0v) is 15.7. The number of carbonyl (C=O) groups excluding carboxylic acids is 1. The molecule has 0 aliphatic heterocycles. The molecule has 2 rings (SSSR count). The molecule has 0 saturated heterocycles. The summed E-state index contributed by atoms with van der Waals surface area (Å²) in [7, 11) is 3.22. The fourth-order valence-electron chi connectivity index (χ4n) is 2.32. The van der Waals surface area contributed by atoms with Crippen LogP contribution in [0.5, 0.6) is 5.75 Å². The van der Waals surface area contributed by atoms with Crippen molar-refractivity contribution < 1.29 is 18.7 Å². The van der Waals surface area contributed by atoms with Crippen LogP contribution in [-0.2, 0) is 4.74 Å². The summed E-state index contributed by atoms with van der Waals surface area (Å²) in [6.45, 7) is 2.33. The number of hydrogen-bond acceptors (Lipinski definition) is 4. The van der Waals surface area contributed by atoms with E-state index in [9.17, 15) is 9.18 Å². The number of methoxy groups -OCH3 is 2. The molecule has 0 heterocycles. The lowest BCUT2D eigenvalue weighted by Gasteiger charge is -2.09. The minimum atomic E-state index is -0.543. The van der Waals surface area contributed by atoms with E-state index in [0.717, 1.165) is 11.3 Å². The highest BCUT2D eigenvalue weighted by atomic mass is 35.5.